The van der Waals surface area contributed by atoms with Crippen LogP contribution in [0, 0.1) is 0 Å². The van der Waals surface area contributed by atoms with Gasteiger partial charge < -0.3 is 15.2 Å². The Morgan fingerprint density at radius 1 is 1.24 bits per heavy atom. The molecule has 0 saturated carbocycles. The fraction of sp³-hybridized carbons (Fsp3) is 1.00. The van der Waals surface area contributed by atoms with Crippen molar-refractivity contribution in [1.82, 2.24) is 4.90 Å². The number of ether oxygens (including phenoxy) is 2. The van der Waals surface area contributed by atoms with Crippen molar-refractivity contribution in [2.75, 3.05) is 26.8 Å². The Hall–Kier alpha value is -0.160. The van der Waals surface area contributed by atoms with Gasteiger partial charge in [-0.15, -0.1) is 0 Å². The fourth-order valence-corrected chi connectivity index (χ4v) is 3.06. The molecule has 0 bridgehead atoms. The minimum atomic E-state index is 0.322. The van der Waals surface area contributed by atoms with Crippen molar-refractivity contribution in [2.45, 2.75) is 56.9 Å². The summed E-state index contributed by atoms with van der Waals surface area (Å²) in [5.74, 6) is 0. The molecule has 3 atom stereocenters. The van der Waals surface area contributed by atoms with Crippen LogP contribution in [0.3, 0.4) is 0 Å². The van der Waals surface area contributed by atoms with Gasteiger partial charge in [-0.25, -0.2) is 0 Å². The van der Waals surface area contributed by atoms with Crippen molar-refractivity contribution in [3.63, 3.8) is 0 Å². The molecule has 0 aliphatic carbocycles. The summed E-state index contributed by atoms with van der Waals surface area (Å²) in [6.45, 7) is 4.61. The highest BCUT2D eigenvalue weighted by Crippen LogP contribution is 2.26. The Bertz CT molecular complexity index is 231. The average Bonchev–Trinajstić information content (AvgIpc) is 2.78. The first-order valence-corrected chi connectivity index (χ1v) is 6.87. The Morgan fingerprint density at radius 3 is 2.47 bits per heavy atom. The molecule has 0 aromatic carbocycles. The molecule has 0 amide bonds. The highest BCUT2D eigenvalue weighted by molar-refractivity contribution is 4.88. The van der Waals surface area contributed by atoms with Gasteiger partial charge >= 0.3 is 0 Å². The Labute approximate surface area is 104 Å². The quantitative estimate of drug-likeness (QED) is 0.799. The highest BCUT2D eigenvalue weighted by atomic mass is 16.5. The van der Waals surface area contributed by atoms with Gasteiger partial charge in [0.05, 0.1) is 12.2 Å². The minimum absolute atomic E-state index is 0.322. The number of likely N-dealkylation sites (N-methyl/N-ethyl adjacent to an activating group) is 1. The molecule has 2 heterocycles. The molecular formula is C13H26N2O2. The molecule has 100 valence electrons. The van der Waals surface area contributed by atoms with E-state index in [0.717, 1.165) is 32.5 Å². The summed E-state index contributed by atoms with van der Waals surface area (Å²) >= 11 is 0. The molecular weight excluding hydrogens is 216 g/mol. The van der Waals surface area contributed by atoms with Crippen LogP contribution < -0.4 is 5.73 Å². The number of hydrogen-bond acceptors (Lipinski definition) is 4. The van der Waals surface area contributed by atoms with E-state index in [2.05, 4.69) is 18.9 Å². The summed E-state index contributed by atoms with van der Waals surface area (Å²) < 4.78 is 11.4. The minimum Gasteiger partial charge on any atom is -0.381 e. The molecule has 2 aliphatic rings. The lowest BCUT2D eigenvalue weighted by atomic mass is 10.0. The van der Waals surface area contributed by atoms with Crippen LogP contribution in [0.15, 0.2) is 0 Å². The fourth-order valence-electron chi connectivity index (χ4n) is 3.06. The smallest absolute Gasteiger partial charge is 0.0747 e. The van der Waals surface area contributed by atoms with Crippen LogP contribution in [-0.2, 0) is 9.47 Å². The maximum Gasteiger partial charge on any atom is 0.0747 e. The van der Waals surface area contributed by atoms with E-state index in [4.69, 9.17) is 15.2 Å². The lowest BCUT2D eigenvalue weighted by Gasteiger charge is -2.39. The van der Waals surface area contributed by atoms with Crippen molar-refractivity contribution >= 4 is 0 Å². The van der Waals surface area contributed by atoms with E-state index in [9.17, 15) is 0 Å². The zero-order valence-corrected chi connectivity index (χ0v) is 11.1. The van der Waals surface area contributed by atoms with Gasteiger partial charge in [-0.2, -0.15) is 0 Å². The lowest BCUT2D eigenvalue weighted by molar-refractivity contribution is -0.0299. The second-order valence-corrected chi connectivity index (χ2v) is 5.37. The molecule has 2 rings (SSSR count). The normalized spacial score (nSPS) is 33.2. The predicted molar refractivity (Wildman–Crippen MR) is 68.0 cm³/mol. The molecule has 0 spiro atoms. The number of nitrogens with zero attached hydrogens (tertiary/aromatic N) is 1. The lowest BCUT2D eigenvalue weighted by Crippen LogP contribution is -2.52. The topological polar surface area (TPSA) is 47.7 Å². The van der Waals surface area contributed by atoms with Gasteiger partial charge in [0.25, 0.3) is 0 Å². The summed E-state index contributed by atoms with van der Waals surface area (Å²) in [4.78, 5) is 2.44. The monoisotopic (exact) mass is 242 g/mol. The van der Waals surface area contributed by atoms with E-state index in [-0.39, 0.29) is 0 Å². The van der Waals surface area contributed by atoms with E-state index in [1.165, 1.54) is 6.42 Å². The van der Waals surface area contributed by atoms with Crippen LogP contribution in [-0.4, -0.2) is 56.0 Å². The molecule has 4 heteroatoms. The summed E-state index contributed by atoms with van der Waals surface area (Å²) in [7, 11) is 2.19. The first-order valence-electron chi connectivity index (χ1n) is 6.87. The zero-order valence-electron chi connectivity index (χ0n) is 11.1. The molecule has 17 heavy (non-hydrogen) atoms. The third-order valence-corrected chi connectivity index (χ3v) is 4.23. The van der Waals surface area contributed by atoms with Gasteiger partial charge in [-0.1, -0.05) is 0 Å². The largest absolute Gasteiger partial charge is 0.381 e. The van der Waals surface area contributed by atoms with Gasteiger partial charge in [0.2, 0.25) is 0 Å². The van der Waals surface area contributed by atoms with Crippen molar-refractivity contribution < 1.29 is 9.47 Å². The van der Waals surface area contributed by atoms with E-state index in [1.54, 1.807) is 0 Å². The van der Waals surface area contributed by atoms with Crippen LogP contribution >= 0.6 is 0 Å². The second kappa shape index (κ2) is 6.14. The Kier molecular flexibility index (Phi) is 4.79. The zero-order chi connectivity index (χ0) is 12.3. The third kappa shape index (κ3) is 3.19. The van der Waals surface area contributed by atoms with Gasteiger partial charge in [-0.3, -0.25) is 4.90 Å². The summed E-state index contributed by atoms with van der Waals surface area (Å²) in [6.07, 6.45) is 5.28. The van der Waals surface area contributed by atoms with Gasteiger partial charge in [0, 0.05) is 31.8 Å². The molecule has 2 aliphatic heterocycles. The van der Waals surface area contributed by atoms with Crippen LogP contribution in [0.4, 0.5) is 0 Å². The van der Waals surface area contributed by atoms with Crippen LogP contribution in [0.5, 0.6) is 0 Å². The summed E-state index contributed by atoms with van der Waals surface area (Å²) in [5.41, 5.74) is 5.95. The number of nitrogens with two attached hydrogens (primary N) is 1. The second-order valence-electron chi connectivity index (χ2n) is 5.37. The van der Waals surface area contributed by atoms with E-state index in [1.807, 2.05) is 0 Å². The maximum atomic E-state index is 5.97. The third-order valence-electron chi connectivity index (χ3n) is 4.23. The molecule has 0 radical (unpaired) electrons. The Balaban J connectivity index is 1.91. The molecule has 2 fully saturated rings. The number of rotatable bonds is 4. The van der Waals surface area contributed by atoms with Crippen LogP contribution in [0.25, 0.3) is 0 Å². The molecule has 3 unspecified atom stereocenters. The van der Waals surface area contributed by atoms with Crippen LogP contribution in [0.2, 0.25) is 0 Å². The molecule has 0 aromatic heterocycles. The van der Waals surface area contributed by atoms with Crippen molar-refractivity contribution in [3.05, 3.63) is 0 Å². The van der Waals surface area contributed by atoms with Gasteiger partial charge in [-0.05, 0) is 39.7 Å². The predicted octanol–water partition coefficient (Wildman–Crippen LogP) is 0.992. The Morgan fingerprint density at radius 2 is 1.94 bits per heavy atom. The van der Waals surface area contributed by atoms with E-state index < -0.39 is 0 Å². The van der Waals surface area contributed by atoms with Crippen molar-refractivity contribution in [3.8, 4) is 0 Å². The SMILES string of the molecule is CC1CCC(C(CN)N(C)C2CCOCC2)O1. The maximum absolute atomic E-state index is 5.97. The summed E-state index contributed by atoms with van der Waals surface area (Å²) in [5, 5.41) is 0. The summed E-state index contributed by atoms with van der Waals surface area (Å²) in [6, 6.07) is 0.972. The van der Waals surface area contributed by atoms with Crippen LogP contribution in [0.1, 0.15) is 32.6 Å². The molecule has 4 nitrogen and oxygen atoms in total. The highest BCUT2D eigenvalue weighted by Gasteiger charge is 2.34. The first kappa shape index (κ1) is 13.3. The van der Waals surface area contributed by atoms with Gasteiger partial charge in [0.15, 0.2) is 0 Å². The standard InChI is InChI=1S/C13H26N2O2/c1-10-3-4-13(17-10)12(9-14)15(2)11-5-7-16-8-6-11/h10-13H,3-9,14H2,1-2H3. The van der Waals surface area contributed by atoms with E-state index in [0.29, 0.717) is 30.8 Å². The van der Waals surface area contributed by atoms with Crippen molar-refractivity contribution in [1.29, 1.82) is 0 Å². The van der Waals surface area contributed by atoms with Gasteiger partial charge in [0.1, 0.15) is 0 Å². The number of hydrogen-bond donors (Lipinski definition) is 1. The molecule has 2 N–H and O–H groups in total. The molecule has 0 aromatic rings. The van der Waals surface area contributed by atoms with Crippen molar-refractivity contribution in [2.24, 2.45) is 5.73 Å². The van der Waals surface area contributed by atoms with E-state index >= 15 is 0 Å². The first-order chi connectivity index (χ1) is 8.22. The average molecular weight is 242 g/mol. The molecule has 2 saturated heterocycles.